The third-order valence-corrected chi connectivity index (χ3v) is 6.64. The fourth-order valence-corrected chi connectivity index (χ4v) is 4.58. The highest BCUT2D eigenvalue weighted by atomic mass is 16.5. The standard InChI is InChI=1S/C28H28N4O7/c1-37-23-10-7-18-13-24(23)38-16-26(34)29-14-17-5-8-19(9-6-17)39-22-11-12-32(15-21(22)31-27(18)35)28(36)20-3-2-4-25(33)30-20/h2-10,13,21-22H,11-12,14-16H2,1H3,(H,29,34)(H,30,33)(H,31,35)/t21-,22+/m0/s1. The molecule has 0 spiro atoms. The van der Waals surface area contributed by atoms with Crippen LogP contribution in [0.5, 0.6) is 17.2 Å². The van der Waals surface area contributed by atoms with Gasteiger partial charge in [0, 0.05) is 37.7 Å². The summed E-state index contributed by atoms with van der Waals surface area (Å²) in [6, 6.07) is 15.8. The van der Waals surface area contributed by atoms with Gasteiger partial charge >= 0.3 is 0 Å². The number of hydrogen-bond acceptors (Lipinski definition) is 7. The Morgan fingerprint density at radius 1 is 1.05 bits per heavy atom. The highest BCUT2D eigenvalue weighted by Crippen LogP contribution is 2.29. The van der Waals surface area contributed by atoms with Crippen LogP contribution in [0.4, 0.5) is 0 Å². The van der Waals surface area contributed by atoms with Crippen LogP contribution in [0.25, 0.3) is 0 Å². The summed E-state index contributed by atoms with van der Waals surface area (Å²) in [6.07, 6.45) is 0.0192. The number of aromatic amines is 1. The molecule has 6 rings (SSSR count). The lowest BCUT2D eigenvalue weighted by Crippen LogP contribution is -2.58. The Bertz CT molecular complexity index is 1440. The molecule has 3 amide bonds. The van der Waals surface area contributed by atoms with E-state index in [0.29, 0.717) is 31.0 Å². The van der Waals surface area contributed by atoms with Crippen molar-refractivity contribution in [3.05, 3.63) is 87.8 Å². The first kappa shape index (κ1) is 25.8. The molecule has 0 unspecified atom stereocenters. The van der Waals surface area contributed by atoms with Crippen molar-refractivity contribution in [1.29, 1.82) is 0 Å². The number of nitrogens with one attached hydrogen (secondary N) is 3. The minimum atomic E-state index is -0.560. The number of benzene rings is 2. The van der Waals surface area contributed by atoms with E-state index >= 15 is 0 Å². The van der Waals surface area contributed by atoms with Gasteiger partial charge in [0.2, 0.25) is 5.56 Å². The van der Waals surface area contributed by atoms with E-state index in [2.05, 4.69) is 15.6 Å². The molecule has 11 heteroatoms. The molecule has 2 aromatic carbocycles. The zero-order valence-electron chi connectivity index (χ0n) is 21.3. The highest BCUT2D eigenvalue weighted by Gasteiger charge is 2.35. The number of piperidine rings is 1. The minimum absolute atomic E-state index is 0.169. The van der Waals surface area contributed by atoms with E-state index in [1.54, 1.807) is 35.2 Å². The van der Waals surface area contributed by atoms with E-state index < -0.39 is 18.1 Å². The van der Waals surface area contributed by atoms with Crippen LogP contribution in [0.15, 0.2) is 65.5 Å². The topological polar surface area (TPSA) is 139 Å². The lowest BCUT2D eigenvalue weighted by molar-refractivity contribution is -0.123. The molecule has 202 valence electrons. The summed E-state index contributed by atoms with van der Waals surface area (Å²) in [5.41, 5.74) is 0.967. The van der Waals surface area contributed by atoms with Crippen LogP contribution in [-0.2, 0) is 11.3 Å². The Labute approximate surface area is 224 Å². The van der Waals surface area contributed by atoms with Gasteiger partial charge in [0.1, 0.15) is 17.5 Å². The summed E-state index contributed by atoms with van der Waals surface area (Å²) in [5.74, 6) is 0.140. The molecule has 3 aromatic rings. The van der Waals surface area contributed by atoms with Gasteiger partial charge in [-0.25, -0.2) is 0 Å². The molecule has 1 aromatic heterocycles. The average Bonchev–Trinajstić information content (AvgIpc) is 2.95. The van der Waals surface area contributed by atoms with E-state index in [1.165, 1.54) is 25.3 Å². The second-order valence-corrected chi connectivity index (χ2v) is 9.28. The van der Waals surface area contributed by atoms with Gasteiger partial charge in [-0.15, -0.1) is 0 Å². The number of nitrogens with zero attached hydrogens (tertiary/aromatic N) is 1. The maximum absolute atomic E-state index is 13.4. The average molecular weight is 533 g/mol. The number of carbonyl (C=O) groups is 3. The molecular formula is C28H28N4O7. The molecule has 1 fully saturated rings. The summed E-state index contributed by atoms with van der Waals surface area (Å²) in [5, 5.41) is 5.80. The number of H-pyrrole nitrogens is 1. The van der Waals surface area contributed by atoms with Crippen LogP contribution in [0, 0.1) is 0 Å². The highest BCUT2D eigenvalue weighted by molar-refractivity contribution is 5.95. The Kier molecular flexibility index (Phi) is 7.48. The summed E-state index contributed by atoms with van der Waals surface area (Å²) < 4.78 is 17.3. The third kappa shape index (κ3) is 6.03. The van der Waals surface area contributed by atoms with Gasteiger partial charge in [0.05, 0.1) is 13.2 Å². The Hall–Kier alpha value is -4.80. The van der Waals surface area contributed by atoms with Gasteiger partial charge < -0.3 is 34.7 Å². The minimum Gasteiger partial charge on any atom is -0.493 e. The predicted octanol–water partition coefficient (Wildman–Crippen LogP) is 1.48. The van der Waals surface area contributed by atoms with Crippen LogP contribution in [-0.4, -0.2) is 66.6 Å². The molecule has 3 aliphatic heterocycles. The summed E-state index contributed by atoms with van der Waals surface area (Å²) in [6.45, 7) is 0.593. The molecule has 0 aliphatic carbocycles. The van der Waals surface area contributed by atoms with Gasteiger partial charge in [-0.05, 0) is 42.0 Å². The predicted molar refractivity (Wildman–Crippen MR) is 140 cm³/mol. The molecule has 0 saturated carbocycles. The maximum Gasteiger partial charge on any atom is 0.270 e. The SMILES string of the molecule is COc1ccc2cc1OCC(=O)NCc1ccc(cc1)O[C@@H]1CCN(C(=O)c3cccc(=O)[nH]3)C[C@@H]1NC2=O. The number of ether oxygens (including phenoxy) is 3. The van der Waals surface area contributed by atoms with Gasteiger partial charge in [-0.3, -0.25) is 19.2 Å². The fourth-order valence-electron chi connectivity index (χ4n) is 4.58. The van der Waals surface area contributed by atoms with Crippen molar-refractivity contribution in [2.45, 2.75) is 25.1 Å². The number of carbonyl (C=O) groups excluding carboxylic acids is 3. The van der Waals surface area contributed by atoms with Crippen molar-refractivity contribution >= 4 is 17.7 Å². The second kappa shape index (κ2) is 11.3. The van der Waals surface area contributed by atoms with E-state index in [1.807, 2.05) is 12.1 Å². The first-order valence-electron chi connectivity index (χ1n) is 12.5. The van der Waals surface area contributed by atoms with Gasteiger partial charge in [-0.2, -0.15) is 0 Å². The number of amides is 3. The van der Waals surface area contributed by atoms with Crippen molar-refractivity contribution in [2.24, 2.45) is 0 Å². The van der Waals surface area contributed by atoms with E-state index in [4.69, 9.17) is 14.2 Å². The zero-order chi connectivity index (χ0) is 27.4. The van der Waals surface area contributed by atoms with Crippen molar-refractivity contribution in [2.75, 3.05) is 26.8 Å². The normalized spacial score (nSPS) is 19.5. The first-order chi connectivity index (χ1) is 18.9. The van der Waals surface area contributed by atoms with E-state index in [9.17, 15) is 19.2 Å². The smallest absolute Gasteiger partial charge is 0.270 e. The van der Waals surface area contributed by atoms with E-state index in [-0.39, 0.29) is 47.5 Å². The van der Waals surface area contributed by atoms with Crippen molar-refractivity contribution < 1.29 is 28.6 Å². The molecule has 0 radical (unpaired) electrons. The molecular weight excluding hydrogens is 504 g/mol. The van der Waals surface area contributed by atoms with Gasteiger partial charge in [0.25, 0.3) is 17.7 Å². The van der Waals surface area contributed by atoms with Crippen LogP contribution in [0.1, 0.15) is 32.8 Å². The molecule has 3 aliphatic rings. The van der Waals surface area contributed by atoms with Crippen LogP contribution in [0.3, 0.4) is 0 Å². The van der Waals surface area contributed by atoms with Crippen molar-refractivity contribution in [3.8, 4) is 17.2 Å². The molecule has 11 nitrogen and oxygen atoms in total. The summed E-state index contributed by atoms with van der Waals surface area (Å²) in [7, 11) is 1.47. The van der Waals surface area contributed by atoms with Crippen LogP contribution < -0.4 is 30.4 Å². The number of likely N-dealkylation sites (tertiary alicyclic amines) is 1. The number of fused-ring (bicyclic) bond motifs is 7. The Balaban J connectivity index is 1.45. The molecule has 4 bridgehead atoms. The quantitative estimate of drug-likeness (QED) is 0.454. The van der Waals surface area contributed by atoms with Crippen molar-refractivity contribution in [3.63, 3.8) is 0 Å². The number of hydrogen-bond donors (Lipinski definition) is 3. The number of methoxy groups -OCH3 is 1. The second-order valence-electron chi connectivity index (χ2n) is 9.28. The molecule has 2 atom stereocenters. The summed E-state index contributed by atoms with van der Waals surface area (Å²) in [4.78, 5) is 54.7. The number of pyridine rings is 1. The molecule has 39 heavy (non-hydrogen) atoms. The Morgan fingerprint density at radius 2 is 1.87 bits per heavy atom. The number of aromatic nitrogens is 1. The molecule has 4 heterocycles. The van der Waals surface area contributed by atoms with Gasteiger partial charge in [-0.1, -0.05) is 18.2 Å². The number of rotatable bonds is 2. The zero-order valence-corrected chi connectivity index (χ0v) is 21.3. The Morgan fingerprint density at radius 3 is 2.64 bits per heavy atom. The third-order valence-electron chi connectivity index (χ3n) is 6.64. The summed E-state index contributed by atoms with van der Waals surface area (Å²) >= 11 is 0. The lowest BCUT2D eigenvalue weighted by Gasteiger charge is -2.38. The van der Waals surface area contributed by atoms with Crippen molar-refractivity contribution in [1.82, 2.24) is 20.5 Å². The van der Waals surface area contributed by atoms with E-state index in [0.717, 1.165) is 5.56 Å². The molecule has 1 saturated heterocycles. The largest absolute Gasteiger partial charge is 0.493 e. The fraction of sp³-hybridized carbons (Fsp3) is 0.286. The molecule has 3 N–H and O–H groups in total. The monoisotopic (exact) mass is 532 g/mol. The van der Waals surface area contributed by atoms with Gasteiger partial charge in [0.15, 0.2) is 18.1 Å². The lowest BCUT2D eigenvalue weighted by atomic mass is 10.0. The first-order valence-corrected chi connectivity index (χ1v) is 12.5. The van der Waals surface area contributed by atoms with Crippen LogP contribution >= 0.6 is 0 Å². The maximum atomic E-state index is 13.4. The van der Waals surface area contributed by atoms with Crippen LogP contribution in [0.2, 0.25) is 0 Å².